The number of hydrogen-bond donors (Lipinski definition) is 0. The molecular formula is C20H21BrClF3N4O2. The summed E-state index contributed by atoms with van der Waals surface area (Å²) in [6.07, 6.45) is -3.32. The Morgan fingerprint density at radius 1 is 1.16 bits per heavy atom. The molecule has 2 bridgehead atoms. The summed E-state index contributed by atoms with van der Waals surface area (Å²) in [5.74, 6) is 0.341. The number of carbonyl (C=O) groups is 1. The number of aromatic nitrogens is 2. The van der Waals surface area contributed by atoms with Crippen LogP contribution in [0.5, 0.6) is 0 Å². The summed E-state index contributed by atoms with van der Waals surface area (Å²) in [6, 6.07) is 2.12. The van der Waals surface area contributed by atoms with Crippen LogP contribution in [-0.2, 0) is 10.9 Å². The molecule has 0 radical (unpaired) electrons. The second-order valence-electron chi connectivity index (χ2n) is 8.84. The minimum Gasteiger partial charge on any atom is -0.444 e. The second kappa shape index (κ2) is 7.65. The van der Waals surface area contributed by atoms with Gasteiger partial charge in [0.25, 0.3) is 0 Å². The van der Waals surface area contributed by atoms with Crippen LogP contribution in [-0.4, -0.2) is 51.7 Å². The number of alkyl halides is 3. The van der Waals surface area contributed by atoms with Crippen molar-refractivity contribution in [2.24, 2.45) is 0 Å². The predicted octanol–water partition coefficient (Wildman–Crippen LogP) is 5.65. The molecule has 1 unspecified atom stereocenters. The quantitative estimate of drug-likeness (QED) is 0.454. The van der Waals surface area contributed by atoms with Gasteiger partial charge in [-0.25, -0.2) is 9.78 Å². The molecule has 2 aliphatic heterocycles. The van der Waals surface area contributed by atoms with Crippen LogP contribution in [0.3, 0.4) is 0 Å². The zero-order chi connectivity index (χ0) is 22.7. The van der Waals surface area contributed by atoms with Crippen LogP contribution in [0.4, 0.5) is 23.8 Å². The SMILES string of the molecule is CC(C)(C)OC(=O)N1C2CC[C@H]1CN(c1nc(Cl)nc3cc(Br)c(C(F)(F)F)cc13)C2. The number of halogens is 5. The zero-order valence-corrected chi connectivity index (χ0v) is 19.5. The van der Waals surface area contributed by atoms with E-state index in [4.69, 9.17) is 16.3 Å². The third-order valence-corrected chi connectivity index (χ3v) is 6.25. The maximum absolute atomic E-state index is 13.5. The molecule has 6 nitrogen and oxygen atoms in total. The Morgan fingerprint density at radius 3 is 2.32 bits per heavy atom. The monoisotopic (exact) mass is 520 g/mol. The largest absolute Gasteiger partial charge is 0.444 e. The number of ether oxygens (including phenoxy) is 1. The molecule has 2 atom stereocenters. The second-order valence-corrected chi connectivity index (χ2v) is 10.0. The molecule has 3 heterocycles. The Bertz CT molecular complexity index is 1030. The lowest BCUT2D eigenvalue weighted by Gasteiger charge is -2.42. The number of amides is 1. The van der Waals surface area contributed by atoms with Gasteiger partial charge in [0.2, 0.25) is 5.28 Å². The van der Waals surface area contributed by atoms with Gasteiger partial charge in [0.05, 0.1) is 23.2 Å². The van der Waals surface area contributed by atoms with Crippen LogP contribution >= 0.6 is 27.5 Å². The summed E-state index contributed by atoms with van der Waals surface area (Å²) in [6.45, 7) is 6.29. The highest BCUT2D eigenvalue weighted by molar-refractivity contribution is 9.10. The minimum atomic E-state index is -4.53. The van der Waals surface area contributed by atoms with Crippen molar-refractivity contribution in [1.82, 2.24) is 14.9 Å². The summed E-state index contributed by atoms with van der Waals surface area (Å²) in [7, 11) is 0. The molecule has 1 amide bonds. The van der Waals surface area contributed by atoms with Crippen molar-refractivity contribution in [1.29, 1.82) is 0 Å². The minimum absolute atomic E-state index is 0.0453. The molecule has 1 aromatic heterocycles. The molecule has 4 rings (SSSR count). The van der Waals surface area contributed by atoms with E-state index in [0.717, 1.165) is 18.9 Å². The summed E-state index contributed by atoms with van der Waals surface area (Å²) in [5, 5.41) is 0.223. The van der Waals surface area contributed by atoms with Gasteiger partial charge in [-0.3, -0.25) is 4.90 Å². The lowest BCUT2D eigenvalue weighted by atomic mass is 10.1. The molecule has 31 heavy (non-hydrogen) atoms. The van der Waals surface area contributed by atoms with Gasteiger partial charge >= 0.3 is 12.3 Å². The van der Waals surface area contributed by atoms with Crippen molar-refractivity contribution < 1.29 is 22.7 Å². The van der Waals surface area contributed by atoms with E-state index in [0.29, 0.717) is 24.4 Å². The zero-order valence-electron chi connectivity index (χ0n) is 17.1. The average molecular weight is 522 g/mol. The van der Waals surface area contributed by atoms with E-state index < -0.39 is 17.3 Å². The van der Waals surface area contributed by atoms with Crippen LogP contribution in [0.15, 0.2) is 16.6 Å². The number of rotatable bonds is 1. The molecule has 0 spiro atoms. The lowest BCUT2D eigenvalue weighted by Crippen LogP contribution is -2.57. The van der Waals surface area contributed by atoms with E-state index >= 15 is 0 Å². The average Bonchev–Trinajstić information content (AvgIpc) is 2.88. The first-order chi connectivity index (χ1) is 14.3. The van der Waals surface area contributed by atoms with Crippen LogP contribution in [0.25, 0.3) is 10.9 Å². The fraction of sp³-hybridized carbons (Fsp3) is 0.550. The van der Waals surface area contributed by atoms with Gasteiger partial charge < -0.3 is 9.64 Å². The van der Waals surface area contributed by atoms with Crippen LogP contribution < -0.4 is 4.90 Å². The smallest absolute Gasteiger partial charge is 0.417 e. The fourth-order valence-electron chi connectivity index (χ4n) is 4.25. The molecule has 0 aliphatic carbocycles. The number of carbonyl (C=O) groups excluding carboxylic acids is 1. The first kappa shape index (κ1) is 22.4. The standard InChI is InChI=1S/C20H21BrClF3N4O2/c1-19(2,3)31-18(30)29-10-4-5-11(29)9-28(8-10)16-12-6-13(20(23,24)25)14(21)7-15(12)26-17(22)27-16/h6-7,10-11H,4-5,8-9H2,1-3H3/t10-,11?/m0/s1. The van der Waals surface area contributed by atoms with Crippen molar-refractivity contribution in [3.05, 3.63) is 27.5 Å². The van der Waals surface area contributed by atoms with Gasteiger partial charge in [-0.05, 0) is 57.3 Å². The van der Waals surface area contributed by atoms with E-state index in [9.17, 15) is 18.0 Å². The van der Waals surface area contributed by atoms with E-state index in [1.165, 1.54) is 6.07 Å². The number of hydrogen-bond acceptors (Lipinski definition) is 5. The highest BCUT2D eigenvalue weighted by Gasteiger charge is 2.45. The van der Waals surface area contributed by atoms with Crippen molar-refractivity contribution in [2.75, 3.05) is 18.0 Å². The van der Waals surface area contributed by atoms with E-state index in [-0.39, 0.29) is 33.3 Å². The van der Waals surface area contributed by atoms with Crippen LogP contribution in [0, 0.1) is 0 Å². The Labute approximate surface area is 190 Å². The third kappa shape index (κ3) is 4.41. The summed E-state index contributed by atoms with van der Waals surface area (Å²) < 4.78 is 45.9. The van der Waals surface area contributed by atoms with Crippen molar-refractivity contribution in [3.63, 3.8) is 0 Å². The van der Waals surface area contributed by atoms with Gasteiger partial charge in [-0.1, -0.05) is 15.9 Å². The van der Waals surface area contributed by atoms with E-state index in [2.05, 4.69) is 25.9 Å². The number of benzene rings is 1. The Morgan fingerprint density at radius 2 is 1.77 bits per heavy atom. The first-order valence-electron chi connectivity index (χ1n) is 9.84. The number of piperazine rings is 1. The predicted molar refractivity (Wildman–Crippen MR) is 114 cm³/mol. The fourth-order valence-corrected chi connectivity index (χ4v) is 4.98. The van der Waals surface area contributed by atoms with Crippen molar-refractivity contribution >= 4 is 50.3 Å². The topological polar surface area (TPSA) is 58.6 Å². The molecule has 11 heteroatoms. The van der Waals surface area contributed by atoms with Crippen LogP contribution in [0.2, 0.25) is 5.28 Å². The summed E-state index contributed by atoms with van der Waals surface area (Å²) in [4.78, 5) is 24.7. The normalized spacial score (nSPS) is 21.7. The maximum atomic E-state index is 13.5. The highest BCUT2D eigenvalue weighted by Crippen LogP contribution is 2.40. The maximum Gasteiger partial charge on any atom is 0.417 e. The van der Waals surface area contributed by atoms with Crippen LogP contribution in [0.1, 0.15) is 39.2 Å². The molecule has 2 fully saturated rings. The molecule has 2 saturated heterocycles. The van der Waals surface area contributed by atoms with Gasteiger partial charge in [0.15, 0.2) is 0 Å². The highest BCUT2D eigenvalue weighted by atomic mass is 79.9. The van der Waals surface area contributed by atoms with Gasteiger partial charge in [-0.15, -0.1) is 0 Å². The molecule has 1 aromatic carbocycles. The molecule has 0 N–H and O–H groups in total. The Balaban J connectivity index is 1.70. The van der Waals surface area contributed by atoms with Gasteiger partial charge in [0, 0.05) is 22.9 Å². The Hall–Kier alpha value is -1.81. The first-order valence-corrected chi connectivity index (χ1v) is 11.0. The molecule has 2 aliphatic rings. The van der Waals surface area contributed by atoms with Gasteiger partial charge in [-0.2, -0.15) is 18.2 Å². The van der Waals surface area contributed by atoms with Crippen molar-refractivity contribution in [2.45, 2.75) is 57.5 Å². The molecule has 2 aromatic rings. The number of nitrogens with zero attached hydrogens (tertiary/aromatic N) is 4. The van der Waals surface area contributed by atoms with Gasteiger partial charge in [0.1, 0.15) is 11.4 Å². The lowest BCUT2D eigenvalue weighted by molar-refractivity contribution is -0.138. The molecular weight excluding hydrogens is 501 g/mol. The van der Waals surface area contributed by atoms with E-state index in [1.54, 1.807) is 4.90 Å². The molecule has 168 valence electrons. The number of anilines is 1. The summed E-state index contributed by atoms with van der Waals surface area (Å²) in [5.41, 5.74) is -1.09. The van der Waals surface area contributed by atoms with E-state index in [1.807, 2.05) is 25.7 Å². The molecule has 0 saturated carbocycles. The van der Waals surface area contributed by atoms with Crippen molar-refractivity contribution in [3.8, 4) is 0 Å². The Kier molecular flexibility index (Phi) is 5.53. The third-order valence-electron chi connectivity index (χ3n) is 5.43. The summed E-state index contributed by atoms with van der Waals surface area (Å²) >= 11 is 9.07. The number of fused-ring (bicyclic) bond motifs is 3.